The van der Waals surface area contributed by atoms with Gasteiger partial charge in [0.2, 0.25) is 0 Å². The number of carboxylic acids is 1. The number of esters is 2. The molecule has 8 nitrogen and oxygen atoms in total. The average Bonchev–Trinajstić information content (AvgIpc) is 3.15. The first-order valence-corrected chi connectivity index (χ1v) is 21.6. The van der Waals surface area contributed by atoms with Gasteiger partial charge in [-0.15, -0.1) is 0 Å². The van der Waals surface area contributed by atoms with E-state index < -0.39 is 18.1 Å². The van der Waals surface area contributed by atoms with E-state index in [1.165, 1.54) is 38.5 Å². The maximum atomic E-state index is 12.6. The SMILES string of the molecule is CCCC/C=C/C=C/CCCCCC(=O)OC(COCCC(C(=O)[O-])[N+](C)(C)C)COC(=O)CCCC/C=C/C/C=C/C/C=C/C/C=C/C/C=C/CCCCC. The highest BCUT2D eigenvalue weighted by atomic mass is 16.6. The van der Waals surface area contributed by atoms with Gasteiger partial charge < -0.3 is 28.6 Å². The van der Waals surface area contributed by atoms with Crippen molar-refractivity contribution in [2.24, 2.45) is 0 Å². The van der Waals surface area contributed by atoms with Gasteiger partial charge in [0, 0.05) is 19.3 Å². The molecule has 2 unspecified atom stereocenters. The Morgan fingerprint density at radius 2 is 1.02 bits per heavy atom. The number of hydrogen-bond acceptors (Lipinski definition) is 7. The number of aliphatic carboxylic acids is 1. The summed E-state index contributed by atoms with van der Waals surface area (Å²) in [4.78, 5) is 36.7. The second-order valence-electron chi connectivity index (χ2n) is 15.2. The zero-order valence-electron chi connectivity index (χ0n) is 36.0. The number of rotatable bonds is 37. The molecule has 8 heteroatoms. The van der Waals surface area contributed by atoms with Gasteiger partial charge in [-0.1, -0.05) is 131 Å². The molecule has 56 heavy (non-hydrogen) atoms. The van der Waals surface area contributed by atoms with Gasteiger partial charge in [0.25, 0.3) is 0 Å². The summed E-state index contributed by atoms with van der Waals surface area (Å²) in [5, 5.41) is 11.6. The molecule has 0 spiro atoms. The van der Waals surface area contributed by atoms with E-state index in [2.05, 4.69) is 98.9 Å². The molecular formula is C48H79NO7. The van der Waals surface area contributed by atoms with Gasteiger partial charge in [-0.05, 0) is 83.5 Å². The van der Waals surface area contributed by atoms with Crippen molar-refractivity contribution in [3.8, 4) is 0 Å². The second-order valence-corrected chi connectivity index (χ2v) is 15.2. The Labute approximate surface area is 342 Å². The van der Waals surface area contributed by atoms with Crippen LogP contribution < -0.4 is 5.11 Å². The van der Waals surface area contributed by atoms with Gasteiger partial charge in [0.05, 0.1) is 40.3 Å². The summed E-state index contributed by atoms with van der Waals surface area (Å²) in [5.41, 5.74) is 0. The molecule has 0 radical (unpaired) electrons. The molecule has 0 rings (SSSR count). The molecule has 0 fully saturated rings. The predicted octanol–water partition coefficient (Wildman–Crippen LogP) is 10.4. The van der Waals surface area contributed by atoms with Crippen molar-refractivity contribution in [3.05, 3.63) is 85.1 Å². The number of carbonyl (C=O) groups excluding carboxylic acids is 3. The lowest BCUT2D eigenvalue weighted by molar-refractivity contribution is -0.889. The van der Waals surface area contributed by atoms with Gasteiger partial charge in [0.15, 0.2) is 6.10 Å². The Bertz CT molecular complexity index is 1190. The lowest BCUT2D eigenvalue weighted by Crippen LogP contribution is -2.55. The molecule has 0 aliphatic rings. The van der Waals surface area contributed by atoms with Gasteiger partial charge in [0.1, 0.15) is 12.6 Å². The summed E-state index contributed by atoms with van der Waals surface area (Å²) in [6.45, 7) is 4.47. The van der Waals surface area contributed by atoms with Crippen molar-refractivity contribution in [2.75, 3.05) is 41.0 Å². The highest BCUT2D eigenvalue weighted by Gasteiger charge is 2.25. The first-order chi connectivity index (χ1) is 27.1. The topological polar surface area (TPSA) is 102 Å². The monoisotopic (exact) mass is 782 g/mol. The third-order valence-corrected chi connectivity index (χ3v) is 9.03. The third kappa shape index (κ3) is 36.2. The van der Waals surface area contributed by atoms with Crippen LogP contribution in [0.25, 0.3) is 0 Å². The minimum Gasteiger partial charge on any atom is -0.544 e. The summed E-state index contributed by atoms with van der Waals surface area (Å²) in [7, 11) is 5.37. The Hall–Kier alpha value is -3.49. The smallest absolute Gasteiger partial charge is 0.306 e. The van der Waals surface area contributed by atoms with Crippen LogP contribution >= 0.6 is 0 Å². The van der Waals surface area contributed by atoms with Crippen molar-refractivity contribution in [3.63, 3.8) is 0 Å². The third-order valence-electron chi connectivity index (χ3n) is 9.03. The Kier molecular flexibility index (Phi) is 36.0. The van der Waals surface area contributed by atoms with Crippen LogP contribution in [0.4, 0.5) is 0 Å². The Morgan fingerprint density at radius 3 is 1.55 bits per heavy atom. The van der Waals surface area contributed by atoms with Crippen molar-refractivity contribution < 1.29 is 38.2 Å². The standard InChI is InChI=1S/C48H79NO7/c1-6-8-10-12-14-16-18-19-20-21-22-23-24-25-26-27-29-30-32-34-36-38-46(50)55-43-44(42-54-41-40-45(48(52)53)49(3,4)5)56-47(51)39-37-35-33-31-28-17-15-13-11-9-7-2/h13-17,19-20,22-23,25-26,28-30,44-45H,6-12,18,21,24,27,31-43H2,1-5H3/b15-13+,16-14+,20-19+,23-22+,26-25+,28-17+,30-29+. The van der Waals surface area contributed by atoms with Crippen LogP contribution in [0.2, 0.25) is 0 Å². The lowest BCUT2D eigenvalue weighted by atomic mass is 10.1. The Balaban J connectivity index is 4.44. The van der Waals surface area contributed by atoms with Crippen LogP contribution in [-0.4, -0.2) is 75.5 Å². The molecule has 0 aromatic heterocycles. The lowest BCUT2D eigenvalue weighted by Gasteiger charge is -2.34. The van der Waals surface area contributed by atoms with Gasteiger partial charge >= 0.3 is 11.9 Å². The average molecular weight is 782 g/mol. The highest BCUT2D eigenvalue weighted by Crippen LogP contribution is 2.11. The molecule has 318 valence electrons. The maximum absolute atomic E-state index is 12.6. The fraction of sp³-hybridized carbons (Fsp3) is 0.646. The zero-order chi connectivity index (χ0) is 41.4. The molecule has 0 N–H and O–H groups in total. The molecule has 0 aliphatic heterocycles. The first-order valence-electron chi connectivity index (χ1n) is 21.6. The van der Waals surface area contributed by atoms with Crippen LogP contribution in [0.3, 0.4) is 0 Å². The van der Waals surface area contributed by atoms with E-state index in [0.717, 1.165) is 64.2 Å². The van der Waals surface area contributed by atoms with Crippen LogP contribution in [-0.2, 0) is 28.6 Å². The number of ether oxygens (including phenoxy) is 3. The van der Waals surface area contributed by atoms with Crippen LogP contribution in [0, 0.1) is 0 Å². The molecular weight excluding hydrogens is 703 g/mol. The second kappa shape index (κ2) is 38.4. The summed E-state index contributed by atoms with van der Waals surface area (Å²) in [5.74, 6) is -1.84. The van der Waals surface area contributed by atoms with Crippen LogP contribution in [0.5, 0.6) is 0 Å². The zero-order valence-corrected chi connectivity index (χ0v) is 36.0. The largest absolute Gasteiger partial charge is 0.544 e. The van der Waals surface area contributed by atoms with Crippen molar-refractivity contribution in [2.45, 2.75) is 161 Å². The van der Waals surface area contributed by atoms with Crippen LogP contribution in [0.1, 0.15) is 149 Å². The summed E-state index contributed by atoms with van der Waals surface area (Å²) < 4.78 is 17.0. The number of unbranched alkanes of at least 4 members (excludes halogenated alkanes) is 10. The normalized spacial score (nSPS) is 13.8. The molecule has 0 saturated carbocycles. The molecule has 0 aromatic rings. The number of hydrogen-bond donors (Lipinski definition) is 0. The molecule has 0 bridgehead atoms. The number of carboxylic acid groups (broad SMARTS) is 1. The van der Waals surface area contributed by atoms with Crippen molar-refractivity contribution in [1.29, 1.82) is 0 Å². The summed E-state index contributed by atoms with van der Waals surface area (Å²) in [6.07, 6.45) is 49.0. The van der Waals surface area contributed by atoms with E-state index in [9.17, 15) is 19.5 Å². The van der Waals surface area contributed by atoms with E-state index in [4.69, 9.17) is 14.2 Å². The van der Waals surface area contributed by atoms with Gasteiger partial charge in [-0.25, -0.2) is 0 Å². The number of nitrogens with zero attached hydrogens (tertiary/aromatic N) is 1. The predicted molar refractivity (Wildman–Crippen MR) is 231 cm³/mol. The molecule has 0 aromatic carbocycles. The number of allylic oxidation sites excluding steroid dienone is 14. The van der Waals surface area contributed by atoms with E-state index in [1.807, 2.05) is 0 Å². The highest BCUT2D eigenvalue weighted by molar-refractivity contribution is 5.70. The fourth-order valence-corrected chi connectivity index (χ4v) is 5.59. The van der Waals surface area contributed by atoms with E-state index >= 15 is 0 Å². The number of carbonyl (C=O) groups is 3. The van der Waals surface area contributed by atoms with Crippen molar-refractivity contribution >= 4 is 17.9 Å². The molecule has 0 heterocycles. The molecule has 0 amide bonds. The molecule has 0 aliphatic carbocycles. The summed E-state index contributed by atoms with van der Waals surface area (Å²) in [6, 6.07) is -0.741. The first kappa shape index (κ1) is 52.5. The van der Waals surface area contributed by atoms with Gasteiger partial charge in [-0.2, -0.15) is 0 Å². The Morgan fingerprint density at radius 1 is 0.554 bits per heavy atom. The quantitative estimate of drug-likeness (QED) is 0.0203. The fourth-order valence-electron chi connectivity index (χ4n) is 5.59. The van der Waals surface area contributed by atoms with Crippen LogP contribution in [0.15, 0.2) is 85.1 Å². The van der Waals surface area contributed by atoms with Gasteiger partial charge in [-0.3, -0.25) is 9.59 Å². The number of likely N-dealkylation sites (N-methyl/N-ethyl adjacent to an activating group) is 1. The molecule has 2 atom stereocenters. The van der Waals surface area contributed by atoms with E-state index in [0.29, 0.717) is 12.8 Å². The minimum atomic E-state index is -1.14. The van der Waals surface area contributed by atoms with E-state index in [1.54, 1.807) is 21.1 Å². The van der Waals surface area contributed by atoms with E-state index in [-0.39, 0.29) is 55.5 Å². The number of quaternary nitrogens is 1. The molecule has 0 saturated heterocycles. The summed E-state index contributed by atoms with van der Waals surface area (Å²) >= 11 is 0. The maximum Gasteiger partial charge on any atom is 0.306 e. The van der Waals surface area contributed by atoms with Crippen molar-refractivity contribution in [1.82, 2.24) is 0 Å². The minimum absolute atomic E-state index is 0.0106.